The van der Waals surface area contributed by atoms with Gasteiger partial charge in [-0.25, -0.2) is 14.6 Å². The van der Waals surface area contributed by atoms with Gasteiger partial charge in [-0.15, -0.1) is 5.10 Å². The van der Waals surface area contributed by atoms with E-state index in [1.165, 1.54) is 0 Å². The van der Waals surface area contributed by atoms with E-state index in [1.54, 1.807) is 23.1 Å². The highest BCUT2D eigenvalue weighted by atomic mass is 16.1. The largest absolute Gasteiger partial charge is 0.299 e. The number of hydrogen-bond acceptors (Lipinski definition) is 6. The Morgan fingerprint density at radius 1 is 1.05 bits per heavy atom. The predicted molar refractivity (Wildman–Crippen MR) is 78.6 cm³/mol. The van der Waals surface area contributed by atoms with Crippen LogP contribution in [-0.2, 0) is 17.8 Å². The number of hydrogen-bond donors (Lipinski definition) is 0. The Balaban J connectivity index is 1.63. The highest BCUT2D eigenvalue weighted by Crippen LogP contribution is 2.09. The second-order valence-electron chi connectivity index (χ2n) is 4.75. The predicted octanol–water partition coefficient (Wildman–Crippen LogP) is 1.33. The van der Waals surface area contributed by atoms with Crippen molar-refractivity contribution in [1.82, 2.24) is 30.2 Å². The molecule has 0 N–H and O–H groups in total. The molecular weight excluding hydrogens is 280 g/mol. The smallest absolute Gasteiger partial charge is 0.219 e. The molecule has 0 aliphatic carbocycles. The summed E-state index contributed by atoms with van der Waals surface area (Å²) in [5.41, 5.74) is 1.01. The second kappa shape index (κ2) is 6.66. The van der Waals surface area contributed by atoms with Crippen LogP contribution < -0.4 is 0 Å². The summed E-state index contributed by atoms with van der Waals surface area (Å²) in [6, 6.07) is 11.4. The van der Waals surface area contributed by atoms with Gasteiger partial charge in [-0.05, 0) is 22.1 Å². The van der Waals surface area contributed by atoms with Crippen LogP contribution in [0.2, 0.25) is 0 Å². The lowest BCUT2D eigenvalue weighted by molar-refractivity contribution is -0.118. The number of benzene rings is 1. The summed E-state index contributed by atoms with van der Waals surface area (Å²) in [6.07, 6.45) is 4.03. The van der Waals surface area contributed by atoms with Crippen molar-refractivity contribution in [2.45, 2.75) is 19.4 Å². The zero-order valence-corrected chi connectivity index (χ0v) is 11.8. The summed E-state index contributed by atoms with van der Waals surface area (Å²) in [4.78, 5) is 20.3. The van der Waals surface area contributed by atoms with Crippen LogP contribution in [0.1, 0.15) is 12.0 Å². The van der Waals surface area contributed by atoms with Gasteiger partial charge < -0.3 is 0 Å². The van der Waals surface area contributed by atoms with Crippen LogP contribution in [0, 0.1) is 0 Å². The molecule has 0 unspecified atom stereocenters. The number of nitrogens with zero attached hydrogens (tertiary/aromatic N) is 6. The van der Waals surface area contributed by atoms with Gasteiger partial charge in [0.15, 0.2) is 5.82 Å². The minimum absolute atomic E-state index is 0.140. The topological polar surface area (TPSA) is 86.5 Å². The van der Waals surface area contributed by atoms with E-state index < -0.39 is 0 Å². The first-order valence-electron chi connectivity index (χ1n) is 6.92. The fourth-order valence-electron chi connectivity index (χ4n) is 2.07. The molecule has 0 aliphatic rings. The molecule has 0 amide bonds. The summed E-state index contributed by atoms with van der Waals surface area (Å²) in [7, 11) is 0. The molecule has 0 radical (unpaired) electrons. The van der Waals surface area contributed by atoms with Crippen molar-refractivity contribution in [2.75, 3.05) is 0 Å². The summed E-state index contributed by atoms with van der Waals surface area (Å²) in [6.45, 7) is 0.409. The van der Waals surface area contributed by atoms with Crippen LogP contribution in [0.4, 0.5) is 0 Å². The number of rotatable bonds is 6. The van der Waals surface area contributed by atoms with Crippen molar-refractivity contribution < 1.29 is 4.79 Å². The number of Topliss-reactive ketones (excluding diaryl/α,β-unsaturated/α-hetero) is 1. The standard InChI is InChI=1S/C15H14N6O/c22-13(11-12-5-2-1-3-6-12)7-10-21-15(18-19-20-21)14-16-8-4-9-17-14/h1-6,8-9H,7,10-11H2. The molecule has 3 aromatic rings. The maximum atomic E-state index is 12.0. The molecule has 22 heavy (non-hydrogen) atoms. The normalized spacial score (nSPS) is 10.5. The Hall–Kier alpha value is -2.96. The van der Waals surface area contributed by atoms with E-state index >= 15 is 0 Å². The summed E-state index contributed by atoms with van der Waals surface area (Å²) >= 11 is 0. The minimum Gasteiger partial charge on any atom is -0.299 e. The average Bonchev–Trinajstić information content (AvgIpc) is 3.03. The fourth-order valence-corrected chi connectivity index (χ4v) is 2.07. The summed E-state index contributed by atoms with van der Waals surface area (Å²) in [5, 5.41) is 11.4. The lowest BCUT2D eigenvalue weighted by Gasteiger charge is -2.03. The summed E-state index contributed by atoms with van der Waals surface area (Å²) in [5.74, 6) is 1.05. The quantitative estimate of drug-likeness (QED) is 0.681. The number of aromatic nitrogens is 6. The number of aryl methyl sites for hydroxylation is 1. The first-order valence-corrected chi connectivity index (χ1v) is 6.92. The van der Waals surface area contributed by atoms with Crippen LogP contribution in [0.3, 0.4) is 0 Å². The minimum atomic E-state index is 0.140. The Morgan fingerprint density at radius 2 is 1.82 bits per heavy atom. The van der Waals surface area contributed by atoms with Gasteiger partial charge in [0.1, 0.15) is 5.78 Å². The molecule has 110 valence electrons. The van der Waals surface area contributed by atoms with Gasteiger partial charge in [0.2, 0.25) is 5.82 Å². The van der Waals surface area contributed by atoms with E-state index in [2.05, 4.69) is 25.5 Å². The van der Waals surface area contributed by atoms with Gasteiger partial charge in [-0.2, -0.15) is 0 Å². The Labute approximate surface area is 127 Å². The Bertz CT molecular complexity index is 741. The molecule has 0 bridgehead atoms. The molecule has 2 aromatic heterocycles. The fraction of sp³-hybridized carbons (Fsp3) is 0.200. The number of carbonyl (C=O) groups excluding carboxylic acids is 1. The first kappa shape index (κ1) is 14.0. The molecule has 0 fully saturated rings. The van der Waals surface area contributed by atoms with Crippen molar-refractivity contribution in [1.29, 1.82) is 0 Å². The number of carbonyl (C=O) groups is 1. The maximum absolute atomic E-state index is 12.0. The van der Waals surface area contributed by atoms with Crippen molar-refractivity contribution in [2.24, 2.45) is 0 Å². The molecule has 1 aromatic carbocycles. The van der Waals surface area contributed by atoms with Crippen LogP contribution in [0.15, 0.2) is 48.8 Å². The van der Waals surface area contributed by atoms with Crippen molar-refractivity contribution in [3.05, 3.63) is 54.4 Å². The number of tetrazole rings is 1. The van der Waals surface area contributed by atoms with E-state index in [0.29, 0.717) is 31.0 Å². The van der Waals surface area contributed by atoms with Gasteiger partial charge in [-0.1, -0.05) is 30.3 Å². The van der Waals surface area contributed by atoms with Crippen LogP contribution in [0.25, 0.3) is 11.6 Å². The third-order valence-electron chi connectivity index (χ3n) is 3.14. The van der Waals surface area contributed by atoms with Crippen LogP contribution in [0.5, 0.6) is 0 Å². The SMILES string of the molecule is O=C(CCn1nnnc1-c1ncccn1)Cc1ccccc1. The molecule has 2 heterocycles. The molecule has 7 nitrogen and oxygen atoms in total. The van der Waals surface area contributed by atoms with Gasteiger partial charge in [0, 0.05) is 25.2 Å². The molecule has 3 rings (SSSR count). The van der Waals surface area contributed by atoms with Crippen LogP contribution >= 0.6 is 0 Å². The van der Waals surface area contributed by atoms with Gasteiger partial charge in [0.25, 0.3) is 0 Å². The monoisotopic (exact) mass is 294 g/mol. The van der Waals surface area contributed by atoms with Crippen molar-refractivity contribution in [3.8, 4) is 11.6 Å². The molecule has 7 heteroatoms. The van der Waals surface area contributed by atoms with Gasteiger partial charge in [-0.3, -0.25) is 4.79 Å². The van der Waals surface area contributed by atoms with E-state index in [-0.39, 0.29) is 5.78 Å². The van der Waals surface area contributed by atoms with Crippen LogP contribution in [-0.4, -0.2) is 36.0 Å². The molecule has 0 atom stereocenters. The van der Waals surface area contributed by atoms with E-state index in [0.717, 1.165) is 5.56 Å². The number of ketones is 1. The van der Waals surface area contributed by atoms with E-state index in [4.69, 9.17) is 0 Å². The van der Waals surface area contributed by atoms with Gasteiger partial charge in [0.05, 0.1) is 6.54 Å². The lowest BCUT2D eigenvalue weighted by atomic mass is 10.1. The Kier molecular flexibility index (Phi) is 4.24. The third kappa shape index (κ3) is 3.38. The average molecular weight is 294 g/mol. The third-order valence-corrected chi connectivity index (χ3v) is 3.14. The zero-order valence-electron chi connectivity index (χ0n) is 11.8. The molecule has 0 saturated heterocycles. The lowest BCUT2D eigenvalue weighted by Crippen LogP contribution is -2.11. The highest BCUT2D eigenvalue weighted by molar-refractivity contribution is 5.80. The highest BCUT2D eigenvalue weighted by Gasteiger charge is 2.12. The van der Waals surface area contributed by atoms with Gasteiger partial charge >= 0.3 is 0 Å². The molecular formula is C15H14N6O. The molecule has 0 spiro atoms. The first-order chi connectivity index (χ1) is 10.8. The summed E-state index contributed by atoms with van der Waals surface area (Å²) < 4.78 is 1.55. The Morgan fingerprint density at radius 3 is 2.59 bits per heavy atom. The van der Waals surface area contributed by atoms with E-state index in [9.17, 15) is 4.79 Å². The van der Waals surface area contributed by atoms with E-state index in [1.807, 2.05) is 30.3 Å². The van der Waals surface area contributed by atoms with Crippen molar-refractivity contribution in [3.63, 3.8) is 0 Å². The van der Waals surface area contributed by atoms with Crippen molar-refractivity contribution >= 4 is 5.78 Å². The maximum Gasteiger partial charge on any atom is 0.219 e. The molecule has 0 aliphatic heterocycles. The second-order valence-corrected chi connectivity index (χ2v) is 4.75. The molecule has 0 saturated carbocycles. The zero-order chi connectivity index (χ0) is 15.2.